The fraction of sp³-hybridized carbons (Fsp3) is 0.409. The molecule has 0 unspecified atom stereocenters. The number of halogens is 1. The lowest BCUT2D eigenvalue weighted by molar-refractivity contribution is 0.0729. The Morgan fingerprint density at radius 1 is 1.16 bits per heavy atom. The zero-order valence-electron chi connectivity index (χ0n) is 18.0. The summed E-state index contributed by atoms with van der Waals surface area (Å²) in [6, 6.07) is 11.1. The standard InChI is InChI=1S/C22H28FN3O4S/c1-4-26(16(2)3)19-8-5-17(6-9-19)22(27)24-18-7-10-20(23)21(15-18)31(28,29)25-11-13-30-14-12-25/h5-10,15-16H,4,11-14H2,1-3H3,(H,24,27). The molecule has 31 heavy (non-hydrogen) atoms. The van der Waals surface area contributed by atoms with Crippen LogP contribution in [0.15, 0.2) is 47.4 Å². The zero-order chi connectivity index (χ0) is 22.6. The lowest BCUT2D eigenvalue weighted by Gasteiger charge is -2.27. The average molecular weight is 450 g/mol. The highest BCUT2D eigenvalue weighted by Gasteiger charge is 2.29. The van der Waals surface area contributed by atoms with E-state index in [-0.39, 0.29) is 32.0 Å². The number of hydrogen-bond donors (Lipinski definition) is 1. The van der Waals surface area contributed by atoms with Crippen molar-refractivity contribution in [2.45, 2.75) is 31.7 Å². The van der Waals surface area contributed by atoms with Crippen molar-refractivity contribution >= 4 is 27.3 Å². The van der Waals surface area contributed by atoms with E-state index in [2.05, 4.69) is 31.0 Å². The third-order valence-electron chi connectivity index (χ3n) is 5.20. The number of sulfonamides is 1. The van der Waals surface area contributed by atoms with Crippen LogP contribution in [0, 0.1) is 5.82 Å². The van der Waals surface area contributed by atoms with Crippen LogP contribution >= 0.6 is 0 Å². The minimum Gasteiger partial charge on any atom is -0.379 e. The summed E-state index contributed by atoms with van der Waals surface area (Å²) in [6.07, 6.45) is 0. The molecule has 7 nitrogen and oxygen atoms in total. The van der Waals surface area contributed by atoms with Crippen molar-refractivity contribution < 1.29 is 22.3 Å². The monoisotopic (exact) mass is 449 g/mol. The molecule has 1 fully saturated rings. The molecule has 0 bridgehead atoms. The van der Waals surface area contributed by atoms with E-state index in [0.29, 0.717) is 11.6 Å². The number of benzene rings is 2. The van der Waals surface area contributed by atoms with Crippen molar-refractivity contribution in [3.8, 4) is 0 Å². The Labute approximate surface area is 182 Å². The molecule has 0 spiro atoms. The Hall–Kier alpha value is -2.49. The van der Waals surface area contributed by atoms with Gasteiger partial charge in [-0.3, -0.25) is 4.79 Å². The molecule has 1 N–H and O–H groups in total. The molecule has 0 aliphatic carbocycles. The maximum Gasteiger partial charge on any atom is 0.255 e. The van der Waals surface area contributed by atoms with Gasteiger partial charge in [-0.1, -0.05) is 0 Å². The van der Waals surface area contributed by atoms with E-state index >= 15 is 0 Å². The third kappa shape index (κ3) is 5.23. The number of nitrogens with zero attached hydrogens (tertiary/aromatic N) is 2. The van der Waals surface area contributed by atoms with Crippen LogP contribution < -0.4 is 10.2 Å². The first-order valence-corrected chi connectivity index (χ1v) is 11.7. The number of carbonyl (C=O) groups is 1. The molecular weight excluding hydrogens is 421 g/mol. The van der Waals surface area contributed by atoms with Gasteiger partial charge in [0.15, 0.2) is 0 Å². The molecule has 3 rings (SSSR count). The minimum absolute atomic E-state index is 0.163. The lowest BCUT2D eigenvalue weighted by atomic mass is 10.1. The van der Waals surface area contributed by atoms with Crippen molar-refractivity contribution in [3.05, 3.63) is 53.8 Å². The summed E-state index contributed by atoms with van der Waals surface area (Å²) in [4.78, 5) is 14.4. The van der Waals surface area contributed by atoms with E-state index in [4.69, 9.17) is 4.74 Å². The van der Waals surface area contributed by atoms with Crippen molar-refractivity contribution in [3.63, 3.8) is 0 Å². The summed E-state index contributed by atoms with van der Waals surface area (Å²) in [5, 5.41) is 2.66. The Bertz CT molecular complexity index is 1020. The predicted octanol–water partition coefficient (Wildman–Crippen LogP) is 3.33. The largest absolute Gasteiger partial charge is 0.379 e. The second-order valence-electron chi connectivity index (χ2n) is 7.54. The number of hydrogen-bond acceptors (Lipinski definition) is 5. The molecular formula is C22H28FN3O4S. The van der Waals surface area contributed by atoms with Gasteiger partial charge in [-0.15, -0.1) is 0 Å². The van der Waals surface area contributed by atoms with Crippen molar-refractivity contribution in [2.75, 3.05) is 43.1 Å². The van der Waals surface area contributed by atoms with Gasteiger partial charge in [0.05, 0.1) is 13.2 Å². The number of anilines is 2. The van der Waals surface area contributed by atoms with Gasteiger partial charge in [0.25, 0.3) is 5.91 Å². The van der Waals surface area contributed by atoms with Crippen LogP contribution in [0.1, 0.15) is 31.1 Å². The smallest absolute Gasteiger partial charge is 0.255 e. The molecule has 1 aliphatic rings. The quantitative estimate of drug-likeness (QED) is 0.702. The molecule has 0 radical (unpaired) electrons. The predicted molar refractivity (Wildman–Crippen MR) is 119 cm³/mol. The summed E-state index contributed by atoms with van der Waals surface area (Å²) < 4.78 is 46.3. The van der Waals surface area contributed by atoms with Crippen molar-refractivity contribution in [1.29, 1.82) is 0 Å². The summed E-state index contributed by atoms with van der Waals surface area (Å²) in [5.41, 5.74) is 1.64. The molecule has 1 saturated heterocycles. The summed E-state index contributed by atoms with van der Waals surface area (Å²) in [5.74, 6) is -1.26. The summed E-state index contributed by atoms with van der Waals surface area (Å²) in [7, 11) is -4.02. The molecule has 1 amide bonds. The van der Waals surface area contributed by atoms with Crippen LogP contribution in [0.5, 0.6) is 0 Å². The van der Waals surface area contributed by atoms with Crippen molar-refractivity contribution in [2.24, 2.45) is 0 Å². The molecule has 2 aromatic carbocycles. The van der Waals surface area contributed by atoms with E-state index in [1.54, 1.807) is 12.1 Å². The molecule has 0 saturated carbocycles. The fourth-order valence-electron chi connectivity index (χ4n) is 3.56. The highest BCUT2D eigenvalue weighted by atomic mass is 32.2. The second-order valence-corrected chi connectivity index (χ2v) is 9.45. The van der Waals surface area contributed by atoms with Crippen LogP contribution in [-0.2, 0) is 14.8 Å². The van der Waals surface area contributed by atoms with Gasteiger partial charge in [0, 0.05) is 42.6 Å². The first kappa shape index (κ1) is 23.2. The number of nitrogens with one attached hydrogen (secondary N) is 1. The summed E-state index contributed by atoms with van der Waals surface area (Å²) in [6.45, 7) is 7.96. The van der Waals surface area contributed by atoms with Crippen LogP contribution in [0.3, 0.4) is 0 Å². The van der Waals surface area contributed by atoms with Crippen LogP contribution in [-0.4, -0.2) is 57.5 Å². The topological polar surface area (TPSA) is 79.0 Å². The Morgan fingerprint density at radius 3 is 2.39 bits per heavy atom. The Kier molecular flexibility index (Phi) is 7.30. The maximum absolute atomic E-state index is 14.3. The highest BCUT2D eigenvalue weighted by molar-refractivity contribution is 7.89. The number of morpholine rings is 1. The SMILES string of the molecule is CCN(c1ccc(C(=O)Nc2ccc(F)c(S(=O)(=O)N3CCOCC3)c2)cc1)C(C)C. The third-order valence-corrected chi connectivity index (χ3v) is 7.12. The number of carbonyl (C=O) groups excluding carboxylic acids is 1. The summed E-state index contributed by atoms with van der Waals surface area (Å²) >= 11 is 0. The first-order valence-electron chi connectivity index (χ1n) is 10.3. The van der Waals surface area contributed by atoms with E-state index in [0.717, 1.165) is 24.4 Å². The average Bonchev–Trinajstić information content (AvgIpc) is 2.76. The molecule has 2 aromatic rings. The lowest BCUT2D eigenvalue weighted by Crippen LogP contribution is -2.40. The molecule has 9 heteroatoms. The normalized spacial score (nSPS) is 15.1. The Balaban J connectivity index is 1.78. The zero-order valence-corrected chi connectivity index (χ0v) is 18.8. The number of ether oxygens (including phenoxy) is 1. The van der Waals surface area contributed by atoms with Gasteiger partial charge in [-0.05, 0) is 63.2 Å². The Morgan fingerprint density at radius 2 is 1.81 bits per heavy atom. The van der Waals surface area contributed by atoms with Gasteiger partial charge in [0.2, 0.25) is 10.0 Å². The van der Waals surface area contributed by atoms with Gasteiger partial charge < -0.3 is 15.0 Å². The number of rotatable bonds is 7. The van der Waals surface area contributed by atoms with E-state index < -0.39 is 26.6 Å². The van der Waals surface area contributed by atoms with E-state index in [1.807, 2.05) is 12.1 Å². The van der Waals surface area contributed by atoms with Crippen LogP contribution in [0.2, 0.25) is 0 Å². The molecule has 168 valence electrons. The fourth-order valence-corrected chi connectivity index (χ4v) is 5.06. The van der Waals surface area contributed by atoms with Gasteiger partial charge in [-0.2, -0.15) is 4.31 Å². The van der Waals surface area contributed by atoms with Gasteiger partial charge >= 0.3 is 0 Å². The highest BCUT2D eigenvalue weighted by Crippen LogP contribution is 2.25. The molecule has 1 aliphatic heterocycles. The first-order chi connectivity index (χ1) is 14.7. The number of amides is 1. The maximum atomic E-state index is 14.3. The van der Waals surface area contributed by atoms with Crippen LogP contribution in [0.25, 0.3) is 0 Å². The van der Waals surface area contributed by atoms with Gasteiger partial charge in [0.1, 0.15) is 10.7 Å². The van der Waals surface area contributed by atoms with E-state index in [1.165, 1.54) is 10.4 Å². The van der Waals surface area contributed by atoms with E-state index in [9.17, 15) is 17.6 Å². The minimum atomic E-state index is -4.02. The van der Waals surface area contributed by atoms with Gasteiger partial charge in [-0.25, -0.2) is 12.8 Å². The second kappa shape index (κ2) is 9.76. The molecule has 1 heterocycles. The van der Waals surface area contributed by atoms with Crippen LogP contribution in [0.4, 0.5) is 15.8 Å². The molecule has 0 atom stereocenters. The molecule has 0 aromatic heterocycles. The van der Waals surface area contributed by atoms with Crippen molar-refractivity contribution in [1.82, 2.24) is 4.31 Å².